The molecule has 2 aliphatic rings. The molecule has 1 unspecified atom stereocenters. The Balaban J connectivity index is 1.65. The number of hydrogen-bond acceptors (Lipinski definition) is 3. The van der Waals surface area contributed by atoms with Crippen molar-refractivity contribution in [1.29, 1.82) is 0 Å². The Morgan fingerprint density at radius 3 is 3.23 bits per heavy atom. The molecule has 1 aromatic heterocycles. The Kier molecular flexibility index (Phi) is 1.87. The van der Waals surface area contributed by atoms with Crippen molar-refractivity contribution in [2.24, 2.45) is 0 Å². The Hall–Kier alpha value is -0.410. The van der Waals surface area contributed by atoms with E-state index < -0.39 is 0 Å². The van der Waals surface area contributed by atoms with Gasteiger partial charge in [0.2, 0.25) is 0 Å². The monoisotopic (exact) mass is 194 g/mol. The third-order valence-corrected chi connectivity index (χ3v) is 3.92. The van der Waals surface area contributed by atoms with Crippen LogP contribution in [0, 0.1) is 0 Å². The second-order valence-corrected chi connectivity index (χ2v) is 5.02. The number of thiazole rings is 1. The van der Waals surface area contributed by atoms with Crippen LogP contribution in [0.4, 0.5) is 0 Å². The molecule has 2 nitrogen and oxygen atoms in total. The molecule has 1 saturated carbocycles. The van der Waals surface area contributed by atoms with Gasteiger partial charge in [-0.25, -0.2) is 4.98 Å². The molecule has 2 aliphatic carbocycles. The summed E-state index contributed by atoms with van der Waals surface area (Å²) in [6.07, 6.45) is 5.35. The third kappa shape index (κ3) is 1.51. The van der Waals surface area contributed by atoms with Crippen molar-refractivity contribution < 1.29 is 0 Å². The van der Waals surface area contributed by atoms with Gasteiger partial charge in [0.15, 0.2) is 0 Å². The lowest BCUT2D eigenvalue weighted by molar-refractivity contribution is 0.569. The van der Waals surface area contributed by atoms with Crippen molar-refractivity contribution in [3.05, 3.63) is 16.1 Å². The van der Waals surface area contributed by atoms with Crippen LogP contribution in [0.25, 0.3) is 0 Å². The van der Waals surface area contributed by atoms with Crippen LogP contribution in [0.3, 0.4) is 0 Å². The van der Waals surface area contributed by atoms with E-state index in [1.165, 1.54) is 36.3 Å². The third-order valence-electron chi connectivity index (χ3n) is 3.01. The number of nitrogens with zero attached hydrogens (tertiary/aromatic N) is 1. The molecule has 0 radical (unpaired) electrons. The molecule has 70 valence electrons. The zero-order valence-corrected chi connectivity index (χ0v) is 8.44. The standard InChI is InChI=1S/C10H14N2S/c1-4-9-10(12-6-13-9)7(1)5-11-8-2-3-8/h6-8,11H,1-5H2. The maximum atomic E-state index is 4.46. The Morgan fingerprint density at radius 2 is 2.38 bits per heavy atom. The number of rotatable bonds is 3. The first-order chi connectivity index (χ1) is 6.43. The second kappa shape index (κ2) is 3.07. The van der Waals surface area contributed by atoms with Crippen LogP contribution in [0.15, 0.2) is 5.51 Å². The Morgan fingerprint density at radius 1 is 1.46 bits per heavy atom. The maximum absolute atomic E-state index is 4.46. The molecule has 0 spiro atoms. The molecule has 1 heterocycles. The van der Waals surface area contributed by atoms with E-state index in [1.54, 1.807) is 0 Å². The van der Waals surface area contributed by atoms with Crippen molar-refractivity contribution >= 4 is 11.3 Å². The number of fused-ring (bicyclic) bond motifs is 1. The van der Waals surface area contributed by atoms with Gasteiger partial charge in [-0.15, -0.1) is 11.3 Å². The van der Waals surface area contributed by atoms with Crippen molar-refractivity contribution in [3.8, 4) is 0 Å². The van der Waals surface area contributed by atoms with Gasteiger partial charge in [-0.3, -0.25) is 0 Å². The molecule has 0 aliphatic heterocycles. The van der Waals surface area contributed by atoms with Crippen LogP contribution in [0.1, 0.15) is 35.8 Å². The molecular weight excluding hydrogens is 180 g/mol. The molecule has 1 N–H and O–H groups in total. The van der Waals surface area contributed by atoms with Crippen molar-refractivity contribution in [2.45, 2.75) is 37.6 Å². The topological polar surface area (TPSA) is 24.9 Å². The lowest BCUT2D eigenvalue weighted by Crippen LogP contribution is -2.22. The maximum Gasteiger partial charge on any atom is 0.0797 e. The molecule has 1 atom stereocenters. The minimum Gasteiger partial charge on any atom is -0.313 e. The molecular formula is C10H14N2S. The van der Waals surface area contributed by atoms with Crippen molar-refractivity contribution in [1.82, 2.24) is 10.3 Å². The summed E-state index contributed by atoms with van der Waals surface area (Å²) < 4.78 is 0. The van der Waals surface area contributed by atoms with Crippen LogP contribution < -0.4 is 5.32 Å². The van der Waals surface area contributed by atoms with Gasteiger partial charge in [0.1, 0.15) is 0 Å². The van der Waals surface area contributed by atoms with E-state index in [0.717, 1.165) is 12.6 Å². The van der Waals surface area contributed by atoms with Crippen molar-refractivity contribution in [3.63, 3.8) is 0 Å². The molecule has 0 saturated heterocycles. The van der Waals surface area contributed by atoms with Crippen LogP contribution in [-0.2, 0) is 6.42 Å². The lowest BCUT2D eigenvalue weighted by Gasteiger charge is -2.09. The predicted octanol–water partition coefficient (Wildman–Crippen LogP) is 1.92. The minimum atomic E-state index is 0.710. The van der Waals surface area contributed by atoms with E-state index in [9.17, 15) is 0 Å². The normalized spacial score (nSPS) is 26.3. The van der Waals surface area contributed by atoms with Gasteiger partial charge >= 0.3 is 0 Å². The molecule has 0 amide bonds. The average Bonchev–Trinajstić information content (AvgIpc) is 2.72. The van der Waals surface area contributed by atoms with E-state index in [4.69, 9.17) is 0 Å². The fourth-order valence-corrected chi connectivity index (χ4v) is 2.91. The molecule has 0 bridgehead atoms. The molecule has 3 rings (SSSR count). The highest BCUT2D eigenvalue weighted by atomic mass is 32.1. The van der Waals surface area contributed by atoms with Crippen LogP contribution in [0.2, 0.25) is 0 Å². The molecule has 1 aromatic rings. The zero-order valence-electron chi connectivity index (χ0n) is 7.62. The van der Waals surface area contributed by atoms with Crippen LogP contribution in [0.5, 0.6) is 0 Å². The quantitative estimate of drug-likeness (QED) is 0.795. The summed E-state index contributed by atoms with van der Waals surface area (Å²) in [6, 6.07) is 0.836. The highest BCUT2D eigenvalue weighted by Gasteiger charge is 2.27. The summed E-state index contributed by atoms with van der Waals surface area (Å²) in [5, 5.41) is 3.59. The number of aromatic nitrogens is 1. The van der Waals surface area contributed by atoms with E-state index in [0.29, 0.717) is 5.92 Å². The summed E-state index contributed by atoms with van der Waals surface area (Å²) in [5.41, 5.74) is 3.38. The van der Waals surface area contributed by atoms with Gasteiger partial charge < -0.3 is 5.32 Å². The smallest absolute Gasteiger partial charge is 0.0797 e. The van der Waals surface area contributed by atoms with E-state index in [1.807, 2.05) is 16.8 Å². The minimum absolute atomic E-state index is 0.710. The summed E-state index contributed by atoms with van der Waals surface area (Å²) in [4.78, 5) is 5.99. The van der Waals surface area contributed by atoms with E-state index >= 15 is 0 Å². The van der Waals surface area contributed by atoms with Gasteiger partial charge in [-0.05, 0) is 25.7 Å². The first kappa shape index (κ1) is 7.94. The molecule has 0 aromatic carbocycles. The molecule has 3 heteroatoms. The largest absolute Gasteiger partial charge is 0.313 e. The lowest BCUT2D eigenvalue weighted by atomic mass is 10.1. The van der Waals surface area contributed by atoms with E-state index in [2.05, 4.69) is 10.3 Å². The predicted molar refractivity (Wildman–Crippen MR) is 54.2 cm³/mol. The molecule has 1 fully saturated rings. The van der Waals surface area contributed by atoms with Crippen LogP contribution in [-0.4, -0.2) is 17.6 Å². The second-order valence-electron chi connectivity index (χ2n) is 4.08. The van der Waals surface area contributed by atoms with Gasteiger partial charge in [0.25, 0.3) is 0 Å². The summed E-state index contributed by atoms with van der Waals surface area (Å²) in [5.74, 6) is 0.710. The highest BCUT2D eigenvalue weighted by molar-refractivity contribution is 7.09. The molecule has 13 heavy (non-hydrogen) atoms. The fraction of sp³-hybridized carbons (Fsp3) is 0.700. The van der Waals surface area contributed by atoms with Gasteiger partial charge in [0, 0.05) is 23.4 Å². The van der Waals surface area contributed by atoms with Gasteiger partial charge in [-0.2, -0.15) is 0 Å². The fourth-order valence-electron chi connectivity index (χ4n) is 2.04. The number of aryl methyl sites for hydroxylation is 1. The van der Waals surface area contributed by atoms with Gasteiger partial charge in [0.05, 0.1) is 11.2 Å². The first-order valence-corrected chi connectivity index (χ1v) is 5.97. The summed E-state index contributed by atoms with van der Waals surface area (Å²) >= 11 is 1.83. The summed E-state index contributed by atoms with van der Waals surface area (Å²) in [6.45, 7) is 1.15. The number of hydrogen-bond donors (Lipinski definition) is 1. The summed E-state index contributed by atoms with van der Waals surface area (Å²) in [7, 11) is 0. The van der Waals surface area contributed by atoms with E-state index in [-0.39, 0.29) is 0 Å². The number of nitrogens with one attached hydrogen (secondary N) is 1. The van der Waals surface area contributed by atoms with Crippen LogP contribution >= 0.6 is 11.3 Å². The highest BCUT2D eigenvalue weighted by Crippen LogP contribution is 2.34. The Bertz CT molecular complexity index is 304. The first-order valence-electron chi connectivity index (χ1n) is 5.09. The SMILES string of the molecule is c1nc2c(s1)CCC2CNC1CC1. The Labute approximate surface area is 82.4 Å². The average molecular weight is 194 g/mol. The van der Waals surface area contributed by atoms with Crippen molar-refractivity contribution in [2.75, 3.05) is 6.54 Å². The van der Waals surface area contributed by atoms with Gasteiger partial charge in [-0.1, -0.05) is 0 Å². The zero-order chi connectivity index (χ0) is 8.67.